The van der Waals surface area contributed by atoms with Gasteiger partial charge in [0.05, 0.1) is 11.4 Å². The lowest BCUT2D eigenvalue weighted by molar-refractivity contribution is -0.127. The van der Waals surface area contributed by atoms with Crippen LogP contribution in [0.5, 0.6) is 0 Å². The van der Waals surface area contributed by atoms with Crippen LogP contribution in [0, 0.1) is 5.82 Å². The van der Waals surface area contributed by atoms with Gasteiger partial charge in [-0.3, -0.25) is 24.3 Å². The zero-order valence-electron chi connectivity index (χ0n) is 19.2. The number of carbonyl (C=O) groups excluding carboxylic acids is 3. The molecule has 1 saturated carbocycles. The van der Waals surface area contributed by atoms with Crippen molar-refractivity contribution >= 4 is 34.7 Å². The van der Waals surface area contributed by atoms with Crippen molar-refractivity contribution in [2.45, 2.75) is 44.2 Å². The molecule has 0 saturated heterocycles. The van der Waals surface area contributed by atoms with Crippen LogP contribution in [-0.4, -0.2) is 35.3 Å². The van der Waals surface area contributed by atoms with E-state index in [2.05, 4.69) is 15.6 Å². The summed E-state index contributed by atoms with van der Waals surface area (Å²) < 4.78 is 13.7. The van der Waals surface area contributed by atoms with E-state index in [4.69, 9.17) is 0 Å². The van der Waals surface area contributed by atoms with Crippen molar-refractivity contribution in [3.05, 3.63) is 82.6 Å². The molecule has 1 atom stereocenters. The third-order valence-corrected chi connectivity index (χ3v) is 6.87. The number of hydrogen-bond donors (Lipinski definition) is 2. The van der Waals surface area contributed by atoms with Crippen LogP contribution in [0.2, 0.25) is 0 Å². The summed E-state index contributed by atoms with van der Waals surface area (Å²) in [6.45, 7) is -0.327. The molecule has 0 aliphatic heterocycles. The predicted molar refractivity (Wildman–Crippen MR) is 133 cm³/mol. The fourth-order valence-electron chi connectivity index (χ4n) is 4.27. The molecule has 0 spiro atoms. The molecule has 3 amide bonds. The van der Waals surface area contributed by atoms with Crippen LogP contribution in [0.3, 0.4) is 0 Å². The van der Waals surface area contributed by atoms with Crippen LogP contribution < -0.4 is 15.5 Å². The first-order valence-electron chi connectivity index (χ1n) is 11.6. The van der Waals surface area contributed by atoms with Gasteiger partial charge in [0.25, 0.3) is 5.91 Å². The minimum absolute atomic E-state index is 0.0317. The second kappa shape index (κ2) is 11.7. The molecular formula is C26H27FN4O3S. The fraction of sp³-hybridized carbons (Fsp3) is 0.308. The highest BCUT2D eigenvalue weighted by atomic mass is 32.1. The summed E-state index contributed by atoms with van der Waals surface area (Å²) in [5.74, 6) is -1.66. The Hall–Kier alpha value is -3.59. The Labute approximate surface area is 207 Å². The van der Waals surface area contributed by atoms with Gasteiger partial charge in [-0.05, 0) is 66.2 Å². The molecule has 4 rings (SSSR count). The molecule has 0 radical (unpaired) electrons. The number of pyridine rings is 1. The Morgan fingerprint density at radius 1 is 1.03 bits per heavy atom. The summed E-state index contributed by atoms with van der Waals surface area (Å²) in [6, 6.07) is 11.2. The van der Waals surface area contributed by atoms with Crippen LogP contribution in [0.4, 0.5) is 10.1 Å². The maximum Gasteiger partial charge on any atom is 0.261 e. The van der Waals surface area contributed by atoms with Crippen molar-refractivity contribution in [2.75, 3.05) is 11.4 Å². The normalized spacial score (nSPS) is 14.7. The summed E-state index contributed by atoms with van der Waals surface area (Å²) >= 11 is 1.27. The Bertz CT molecular complexity index is 1130. The summed E-state index contributed by atoms with van der Waals surface area (Å²) in [5, 5.41) is 7.52. The molecule has 1 aliphatic carbocycles. The Kier molecular flexibility index (Phi) is 8.20. The number of nitrogens with one attached hydrogen (secondary N) is 2. The highest BCUT2D eigenvalue weighted by Crippen LogP contribution is 2.29. The molecular weight excluding hydrogens is 467 g/mol. The summed E-state index contributed by atoms with van der Waals surface area (Å²) in [6.07, 6.45) is 8.11. The van der Waals surface area contributed by atoms with E-state index in [0.717, 1.165) is 32.1 Å². The van der Waals surface area contributed by atoms with Crippen LogP contribution in [0.25, 0.3) is 0 Å². The Morgan fingerprint density at radius 3 is 2.40 bits per heavy atom. The molecule has 1 aliphatic rings. The lowest BCUT2D eigenvalue weighted by Gasteiger charge is -2.33. The molecule has 2 N–H and O–H groups in total. The van der Waals surface area contributed by atoms with Gasteiger partial charge < -0.3 is 10.6 Å². The number of amides is 3. The number of carbonyl (C=O) groups is 3. The van der Waals surface area contributed by atoms with Gasteiger partial charge in [0.1, 0.15) is 11.9 Å². The first kappa shape index (κ1) is 24.5. The maximum atomic E-state index is 13.7. The molecule has 35 heavy (non-hydrogen) atoms. The zero-order valence-corrected chi connectivity index (χ0v) is 20.0. The van der Waals surface area contributed by atoms with Gasteiger partial charge in [-0.1, -0.05) is 25.3 Å². The van der Waals surface area contributed by atoms with E-state index in [9.17, 15) is 18.8 Å². The van der Waals surface area contributed by atoms with E-state index in [-0.39, 0.29) is 24.4 Å². The number of aromatic nitrogens is 1. The number of thiophene rings is 1. The quantitative estimate of drug-likeness (QED) is 0.490. The SMILES string of the molecule is O=C(NCC(=O)N(c1ccc(F)cc1)[C@H](C(=O)NC1CCCCC1)c1ccncc1)c1cccs1. The number of nitrogens with zero attached hydrogens (tertiary/aromatic N) is 2. The Morgan fingerprint density at radius 2 is 1.74 bits per heavy atom. The summed E-state index contributed by atoms with van der Waals surface area (Å²) in [5.41, 5.74) is 0.915. The molecule has 3 aromatic rings. The van der Waals surface area contributed by atoms with Gasteiger partial charge in [-0.25, -0.2) is 4.39 Å². The van der Waals surface area contributed by atoms with E-state index in [1.165, 1.54) is 40.5 Å². The molecule has 1 aromatic carbocycles. The number of halogens is 1. The first-order valence-corrected chi connectivity index (χ1v) is 12.5. The van der Waals surface area contributed by atoms with E-state index >= 15 is 0 Å². The predicted octanol–water partition coefficient (Wildman–Crippen LogP) is 4.24. The lowest BCUT2D eigenvalue weighted by atomic mass is 9.94. The number of hydrogen-bond acceptors (Lipinski definition) is 5. The molecule has 182 valence electrons. The third kappa shape index (κ3) is 6.30. The molecule has 2 aromatic heterocycles. The van der Waals surface area contributed by atoms with Crippen molar-refractivity contribution in [3.63, 3.8) is 0 Å². The molecule has 2 heterocycles. The van der Waals surface area contributed by atoms with Crippen molar-refractivity contribution in [3.8, 4) is 0 Å². The van der Waals surface area contributed by atoms with Gasteiger partial charge in [0, 0.05) is 24.1 Å². The van der Waals surface area contributed by atoms with Crippen LogP contribution in [0.1, 0.15) is 53.4 Å². The van der Waals surface area contributed by atoms with Crippen LogP contribution >= 0.6 is 11.3 Å². The monoisotopic (exact) mass is 494 g/mol. The van der Waals surface area contributed by atoms with Crippen molar-refractivity contribution < 1.29 is 18.8 Å². The van der Waals surface area contributed by atoms with Crippen molar-refractivity contribution in [1.29, 1.82) is 0 Å². The van der Waals surface area contributed by atoms with E-state index in [1.54, 1.807) is 42.0 Å². The fourth-order valence-corrected chi connectivity index (χ4v) is 4.91. The number of rotatable bonds is 8. The highest BCUT2D eigenvalue weighted by Gasteiger charge is 2.34. The van der Waals surface area contributed by atoms with E-state index in [1.807, 2.05) is 0 Å². The van der Waals surface area contributed by atoms with Crippen molar-refractivity contribution in [1.82, 2.24) is 15.6 Å². The molecule has 0 unspecified atom stereocenters. The standard InChI is InChI=1S/C26H27FN4O3S/c27-19-8-10-21(11-9-19)31(23(32)17-29-25(33)22-7-4-16-35-22)24(18-12-14-28-15-13-18)26(34)30-20-5-2-1-3-6-20/h4,7-16,20,24H,1-3,5-6,17H2,(H,29,33)(H,30,34)/t24-/m0/s1. The largest absolute Gasteiger partial charge is 0.351 e. The van der Waals surface area contributed by atoms with Gasteiger partial charge in [0.15, 0.2) is 0 Å². The average Bonchev–Trinajstić information content (AvgIpc) is 3.43. The molecule has 9 heteroatoms. The smallest absolute Gasteiger partial charge is 0.261 e. The molecule has 0 bridgehead atoms. The van der Waals surface area contributed by atoms with Crippen LogP contribution in [-0.2, 0) is 9.59 Å². The maximum absolute atomic E-state index is 13.7. The van der Waals surface area contributed by atoms with Gasteiger partial charge in [0.2, 0.25) is 11.8 Å². The minimum atomic E-state index is -1.02. The van der Waals surface area contributed by atoms with E-state index < -0.39 is 17.8 Å². The minimum Gasteiger partial charge on any atom is -0.351 e. The molecule has 1 fully saturated rings. The number of benzene rings is 1. The van der Waals surface area contributed by atoms with Gasteiger partial charge in [-0.15, -0.1) is 11.3 Å². The van der Waals surface area contributed by atoms with Gasteiger partial charge >= 0.3 is 0 Å². The zero-order chi connectivity index (χ0) is 24.6. The average molecular weight is 495 g/mol. The Balaban J connectivity index is 1.65. The second-order valence-electron chi connectivity index (χ2n) is 8.43. The van der Waals surface area contributed by atoms with Gasteiger partial charge in [-0.2, -0.15) is 0 Å². The number of anilines is 1. The lowest BCUT2D eigenvalue weighted by Crippen LogP contribution is -2.49. The molecule has 7 nitrogen and oxygen atoms in total. The first-order chi connectivity index (χ1) is 17.0. The third-order valence-electron chi connectivity index (χ3n) is 6.00. The second-order valence-corrected chi connectivity index (χ2v) is 9.37. The van der Waals surface area contributed by atoms with Crippen LogP contribution in [0.15, 0.2) is 66.3 Å². The highest BCUT2D eigenvalue weighted by molar-refractivity contribution is 7.12. The van der Waals surface area contributed by atoms with E-state index in [0.29, 0.717) is 16.1 Å². The summed E-state index contributed by atoms with van der Waals surface area (Å²) in [4.78, 5) is 45.5. The van der Waals surface area contributed by atoms with Crippen molar-refractivity contribution in [2.24, 2.45) is 0 Å². The summed E-state index contributed by atoms with van der Waals surface area (Å²) in [7, 11) is 0. The topological polar surface area (TPSA) is 91.4 Å².